The highest BCUT2D eigenvalue weighted by Crippen LogP contribution is 2.58. The molecule has 156 valence electrons. The highest BCUT2D eigenvalue weighted by Gasteiger charge is 2.55. The van der Waals surface area contributed by atoms with Gasteiger partial charge in [0.2, 0.25) is 0 Å². The van der Waals surface area contributed by atoms with Crippen LogP contribution in [0.4, 0.5) is 5.69 Å². The molecule has 1 unspecified atom stereocenters. The van der Waals surface area contributed by atoms with E-state index in [0.29, 0.717) is 42.2 Å². The van der Waals surface area contributed by atoms with Gasteiger partial charge in [0.15, 0.2) is 0 Å². The van der Waals surface area contributed by atoms with E-state index in [4.69, 9.17) is 16.3 Å². The van der Waals surface area contributed by atoms with E-state index in [1.165, 1.54) is 0 Å². The first-order valence-electron chi connectivity index (χ1n) is 10.4. The van der Waals surface area contributed by atoms with Crippen molar-refractivity contribution in [1.82, 2.24) is 0 Å². The third-order valence-electron chi connectivity index (χ3n) is 6.18. The van der Waals surface area contributed by atoms with Crippen molar-refractivity contribution in [3.8, 4) is 12.1 Å². The van der Waals surface area contributed by atoms with E-state index in [2.05, 4.69) is 12.1 Å². The van der Waals surface area contributed by atoms with Crippen LogP contribution in [0.2, 0.25) is 5.02 Å². The number of nitriles is 2. The summed E-state index contributed by atoms with van der Waals surface area (Å²) in [5.74, 6) is 0.535. The second-order valence-corrected chi connectivity index (χ2v) is 8.22. The summed E-state index contributed by atoms with van der Waals surface area (Å²) in [6, 6.07) is 21.0. The number of nitrogens with zero attached hydrogens (tertiary/aromatic N) is 3. The Labute approximate surface area is 187 Å². The number of benzene rings is 2. The Morgan fingerprint density at radius 2 is 1.68 bits per heavy atom. The number of para-hydroxylation sites is 1. The van der Waals surface area contributed by atoms with Crippen LogP contribution in [0.3, 0.4) is 0 Å². The summed E-state index contributed by atoms with van der Waals surface area (Å²) in [6.45, 7) is 0.426. The van der Waals surface area contributed by atoms with Crippen molar-refractivity contribution in [3.05, 3.63) is 76.5 Å². The summed E-state index contributed by atoms with van der Waals surface area (Å²) < 4.78 is 6.08. The second kappa shape index (κ2) is 8.84. The number of carbonyl (C=O) groups excluding carboxylic acids is 1. The van der Waals surface area contributed by atoms with Crippen molar-refractivity contribution in [3.63, 3.8) is 0 Å². The fraction of sp³-hybridized carbons (Fsp3) is 0.320. The lowest BCUT2D eigenvalue weighted by atomic mass is 9.65. The van der Waals surface area contributed by atoms with Gasteiger partial charge in [-0.05, 0) is 36.6 Å². The van der Waals surface area contributed by atoms with Gasteiger partial charge >= 0.3 is 0 Å². The third kappa shape index (κ3) is 3.56. The lowest BCUT2D eigenvalue weighted by molar-refractivity contribution is -0.117. The molecule has 2 aromatic carbocycles. The van der Waals surface area contributed by atoms with Crippen LogP contribution in [0, 0.1) is 28.1 Å². The van der Waals surface area contributed by atoms with E-state index in [9.17, 15) is 15.3 Å². The molecule has 31 heavy (non-hydrogen) atoms. The lowest BCUT2D eigenvalue weighted by Gasteiger charge is -2.50. The topological polar surface area (TPSA) is 77.1 Å². The van der Waals surface area contributed by atoms with Crippen LogP contribution < -0.4 is 4.90 Å². The zero-order valence-corrected chi connectivity index (χ0v) is 17.8. The van der Waals surface area contributed by atoms with E-state index in [0.717, 1.165) is 11.3 Å². The summed E-state index contributed by atoms with van der Waals surface area (Å²) in [4.78, 5) is 15.5. The predicted octanol–water partition coefficient (Wildman–Crippen LogP) is 5.70. The molecule has 6 heteroatoms. The highest BCUT2D eigenvalue weighted by molar-refractivity contribution is 6.31. The van der Waals surface area contributed by atoms with Crippen molar-refractivity contribution in [2.24, 2.45) is 5.41 Å². The molecule has 0 aromatic heterocycles. The summed E-state index contributed by atoms with van der Waals surface area (Å²) in [6.07, 6.45) is 2.02. The molecule has 2 aromatic rings. The van der Waals surface area contributed by atoms with Crippen molar-refractivity contribution >= 4 is 23.2 Å². The maximum absolute atomic E-state index is 13.8. The van der Waals surface area contributed by atoms with Gasteiger partial charge in [0.1, 0.15) is 5.76 Å². The molecule has 5 nitrogen and oxygen atoms in total. The second-order valence-electron chi connectivity index (χ2n) is 7.81. The molecule has 0 aliphatic carbocycles. The molecule has 0 saturated heterocycles. The smallest absolute Gasteiger partial charge is 0.258 e. The molecule has 2 heterocycles. The minimum atomic E-state index is -0.716. The van der Waals surface area contributed by atoms with Crippen molar-refractivity contribution in [2.75, 3.05) is 11.5 Å². The van der Waals surface area contributed by atoms with Gasteiger partial charge in [-0.15, -0.1) is 0 Å². The van der Waals surface area contributed by atoms with E-state index in [1.807, 2.05) is 54.6 Å². The molecule has 1 atom stereocenters. The van der Waals surface area contributed by atoms with Crippen LogP contribution in [-0.2, 0) is 9.53 Å². The number of ether oxygens (including phenoxy) is 1. The first-order chi connectivity index (χ1) is 15.1. The van der Waals surface area contributed by atoms with Crippen molar-refractivity contribution in [2.45, 2.75) is 38.1 Å². The summed E-state index contributed by atoms with van der Waals surface area (Å²) in [5.41, 5.74) is 1.47. The van der Waals surface area contributed by atoms with Gasteiger partial charge in [0, 0.05) is 30.0 Å². The third-order valence-corrected chi connectivity index (χ3v) is 6.53. The first-order valence-corrected chi connectivity index (χ1v) is 10.7. The number of halogens is 1. The fourth-order valence-electron chi connectivity index (χ4n) is 4.91. The van der Waals surface area contributed by atoms with Crippen molar-refractivity contribution in [1.29, 1.82) is 10.5 Å². The maximum Gasteiger partial charge on any atom is 0.258 e. The number of anilines is 1. The summed E-state index contributed by atoms with van der Waals surface area (Å²) >= 11 is 6.67. The van der Waals surface area contributed by atoms with Crippen LogP contribution in [0.15, 0.2) is 65.9 Å². The van der Waals surface area contributed by atoms with Gasteiger partial charge in [-0.1, -0.05) is 48.0 Å². The van der Waals surface area contributed by atoms with Crippen LogP contribution in [-0.4, -0.2) is 12.5 Å². The Morgan fingerprint density at radius 1 is 1.03 bits per heavy atom. The first kappa shape index (κ1) is 21.0. The zero-order valence-electron chi connectivity index (χ0n) is 17.1. The Hall–Kier alpha value is -3.28. The number of hydrogen-bond acceptors (Lipinski definition) is 4. The predicted molar refractivity (Wildman–Crippen MR) is 118 cm³/mol. The number of hydrogen-bond donors (Lipinski definition) is 0. The monoisotopic (exact) mass is 431 g/mol. The van der Waals surface area contributed by atoms with Gasteiger partial charge in [0.05, 0.1) is 35.8 Å². The van der Waals surface area contributed by atoms with E-state index < -0.39 is 11.5 Å². The van der Waals surface area contributed by atoms with E-state index >= 15 is 0 Å². The van der Waals surface area contributed by atoms with Crippen LogP contribution >= 0.6 is 11.6 Å². The fourth-order valence-corrected chi connectivity index (χ4v) is 5.15. The molecule has 0 saturated carbocycles. The summed E-state index contributed by atoms with van der Waals surface area (Å²) in [5, 5.41) is 19.4. The molecule has 0 spiro atoms. The molecule has 0 N–H and O–H groups in total. The molecule has 1 amide bonds. The molecule has 2 aliphatic heterocycles. The van der Waals surface area contributed by atoms with Gasteiger partial charge in [-0.2, -0.15) is 10.5 Å². The standard InChI is InChI=1S/C25H22ClN3O2/c26-21-11-5-4-10-19(21)22-25(13-6-15-27,14-7-16-28)23-20(12-17-31-23)24(30)29(22)18-8-2-1-3-9-18/h1-5,8-11,22H,6-7,12-14,17H2. The molecule has 0 bridgehead atoms. The molecule has 2 aliphatic rings. The van der Waals surface area contributed by atoms with Gasteiger partial charge in [-0.25, -0.2) is 0 Å². The molecular formula is C25H22ClN3O2. The van der Waals surface area contributed by atoms with Gasteiger partial charge in [0.25, 0.3) is 5.91 Å². The average molecular weight is 432 g/mol. The minimum Gasteiger partial charge on any atom is -0.496 e. The van der Waals surface area contributed by atoms with Crippen LogP contribution in [0.25, 0.3) is 0 Å². The van der Waals surface area contributed by atoms with E-state index in [-0.39, 0.29) is 18.7 Å². The lowest BCUT2D eigenvalue weighted by Crippen LogP contribution is -2.50. The van der Waals surface area contributed by atoms with Crippen LogP contribution in [0.5, 0.6) is 0 Å². The van der Waals surface area contributed by atoms with Crippen LogP contribution in [0.1, 0.15) is 43.7 Å². The number of rotatable bonds is 6. The quantitative estimate of drug-likeness (QED) is 0.588. The SMILES string of the molecule is N#CCCC1(CCC#N)C2=C(CCO2)C(=O)N(c2ccccc2)C1c1ccccc1Cl. The maximum atomic E-state index is 13.8. The Bertz CT molecular complexity index is 1080. The molecular weight excluding hydrogens is 410 g/mol. The molecule has 0 radical (unpaired) electrons. The Kier molecular flexibility index (Phi) is 5.98. The molecule has 0 fully saturated rings. The van der Waals surface area contributed by atoms with E-state index in [1.54, 1.807) is 4.90 Å². The summed E-state index contributed by atoms with van der Waals surface area (Å²) in [7, 11) is 0. The van der Waals surface area contributed by atoms with Gasteiger partial charge < -0.3 is 4.74 Å². The highest BCUT2D eigenvalue weighted by atomic mass is 35.5. The van der Waals surface area contributed by atoms with Crippen molar-refractivity contribution < 1.29 is 9.53 Å². The largest absolute Gasteiger partial charge is 0.496 e. The number of amides is 1. The molecule has 4 rings (SSSR count). The minimum absolute atomic E-state index is 0.104. The zero-order chi connectivity index (χ0) is 21.8. The normalized spacial score (nSPS) is 19.4. The Morgan fingerprint density at radius 3 is 2.32 bits per heavy atom. The number of carbonyl (C=O) groups is 1. The Balaban J connectivity index is 2.02. The van der Waals surface area contributed by atoms with Gasteiger partial charge in [-0.3, -0.25) is 9.69 Å². The average Bonchev–Trinajstić information content (AvgIpc) is 3.30.